The number of ether oxygens (including phenoxy) is 1. The van der Waals surface area contributed by atoms with Crippen molar-refractivity contribution in [3.8, 4) is 5.75 Å². The van der Waals surface area contributed by atoms with E-state index in [1.54, 1.807) is 25.8 Å². The molecule has 0 saturated carbocycles. The van der Waals surface area contributed by atoms with E-state index in [2.05, 4.69) is 0 Å². The lowest BCUT2D eigenvalue weighted by molar-refractivity contribution is -0.132. The first-order valence-corrected chi connectivity index (χ1v) is 6.03. The monoisotopic (exact) mass is 248 g/mol. The maximum absolute atomic E-state index is 12.1. The van der Waals surface area contributed by atoms with E-state index in [-0.39, 0.29) is 5.91 Å². The zero-order valence-electron chi connectivity index (χ0n) is 11.6. The quantitative estimate of drug-likeness (QED) is 0.827. The number of amides is 1. The molecule has 2 rings (SSSR count). The molecule has 2 N–H and O–H groups in total. The number of carbonyl (C=O) groups is 1. The lowest BCUT2D eigenvalue weighted by Crippen LogP contribution is -2.51. The molecule has 0 unspecified atom stereocenters. The van der Waals surface area contributed by atoms with Crippen molar-refractivity contribution < 1.29 is 9.53 Å². The summed E-state index contributed by atoms with van der Waals surface area (Å²) in [6.45, 7) is 7.42. The Labute approximate surface area is 108 Å². The third kappa shape index (κ3) is 1.97. The van der Waals surface area contributed by atoms with Crippen LogP contribution in [0.25, 0.3) is 0 Å². The van der Waals surface area contributed by atoms with E-state index in [0.717, 1.165) is 17.0 Å². The molecule has 1 heterocycles. The number of rotatable bonds is 1. The van der Waals surface area contributed by atoms with Crippen LogP contribution >= 0.6 is 0 Å². The number of anilines is 1. The normalized spacial score (nSPS) is 18.3. The van der Waals surface area contributed by atoms with Gasteiger partial charge in [-0.1, -0.05) is 6.07 Å². The molecule has 4 heteroatoms. The van der Waals surface area contributed by atoms with E-state index in [1.807, 2.05) is 32.0 Å². The van der Waals surface area contributed by atoms with Gasteiger partial charge in [0, 0.05) is 12.6 Å². The maximum Gasteiger partial charge on any atom is 0.270 e. The first kappa shape index (κ1) is 12.9. The van der Waals surface area contributed by atoms with Gasteiger partial charge in [0.1, 0.15) is 5.75 Å². The fourth-order valence-electron chi connectivity index (χ4n) is 2.10. The SMILES string of the molecule is CN1C(=O)C(C)(C)Oc2ccc(C(C)(C)N)cc21. The summed E-state index contributed by atoms with van der Waals surface area (Å²) < 4.78 is 5.74. The molecule has 1 amide bonds. The predicted octanol–water partition coefficient (Wildman–Crippen LogP) is 2.01. The van der Waals surface area contributed by atoms with Crippen LogP contribution in [0.2, 0.25) is 0 Å². The molecule has 0 radical (unpaired) electrons. The molecule has 1 aromatic rings. The predicted molar refractivity (Wildman–Crippen MR) is 71.8 cm³/mol. The van der Waals surface area contributed by atoms with Crippen molar-refractivity contribution in [2.24, 2.45) is 5.73 Å². The molecule has 98 valence electrons. The molecule has 1 aliphatic heterocycles. The van der Waals surface area contributed by atoms with Crippen LogP contribution in [0.5, 0.6) is 5.75 Å². The summed E-state index contributed by atoms with van der Waals surface area (Å²) in [5, 5.41) is 0. The van der Waals surface area contributed by atoms with E-state index < -0.39 is 11.1 Å². The smallest absolute Gasteiger partial charge is 0.270 e. The van der Waals surface area contributed by atoms with Crippen LogP contribution in [-0.4, -0.2) is 18.6 Å². The second-order valence-corrected chi connectivity index (χ2v) is 5.88. The minimum atomic E-state index is -0.818. The average Bonchev–Trinajstić information content (AvgIpc) is 2.24. The van der Waals surface area contributed by atoms with Crippen LogP contribution in [0.15, 0.2) is 18.2 Å². The van der Waals surface area contributed by atoms with Gasteiger partial charge in [0.15, 0.2) is 5.60 Å². The molecule has 0 bridgehead atoms. The van der Waals surface area contributed by atoms with Crippen molar-refractivity contribution in [3.05, 3.63) is 23.8 Å². The number of carbonyl (C=O) groups excluding carboxylic acids is 1. The number of hydrogen-bond donors (Lipinski definition) is 1. The van der Waals surface area contributed by atoms with Gasteiger partial charge >= 0.3 is 0 Å². The fourth-order valence-corrected chi connectivity index (χ4v) is 2.10. The molecule has 1 aromatic carbocycles. The van der Waals surface area contributed by atoms with Crippen LogP contribution in [0.3, 0.4) is 0 Å². The van der Waals surface area contributed by atoms with Gasteiger partial charge in [-0.05, 0) is 45.4 Å². The molecule has 0 saturated heterocycles. The summed E-state index contributed by atoms with van der Waals surface area (Å²) in [6, 6.07) is 5.74. The number of likely N-dealkylation sites (N-methyl/N-ethyl adjacent to an activating group) is 1. The number of nitrogens with zero attached hydrogens (tertiary/aromatic N) is 1. The topological polar surface area (TPSA) is 55.6 Å². The highest BCUT2D eigenvalue weighted by Gasteiger charge is 2.39. The van der Waals surface area contributed by atoms with Gasteiger partial charge in [0.25, 0.3) is 5.91 Å². The summed E-state index contributed by atoms with van der Waals surface area (Å²) in [6.07, 6.45) is 0. The zero-order chi connectivity index (χ0) is 13.7. The van der Waals surface area contributed by atoms with Gasteiger partial charge < -0.3 is 15.4 Å². The largest absolute Gasteiger partial charge is 0.476 e. The molecule has 0 fully saturated rings. The van der Waals surface area contributed by atoms with Crippen molar-refractivity contribution in [3.63, 3.8) is 0 Å². The van der Waals surface area contributed by atoms with E-state index in [1.165, 1.54) is 0 Å². The molecule has 1 aliphatic rings. The summed E-state index contributed by atoms with van der Waals surface area (Å²) in [5.74, 6) is 0.664. The minimum absolute atomic E-state index is 0.0537. The van der Waals surface area contributed by atoms with Gasteiger partial charge in [0.2, 0.25) is 0 Å². The first-order chi connectivity index (χ1) is 8.13. The molecule has 0 aromatic heterocycles. The first-order valence-electron chi connectivity index (χ1n) is 6.03. The van der Waals surface area contributed by atoms with Crippen LogP contribution in [-0.2, 0) is 10.3 Å². The Kier molecular flexibility index (Phi) is 2.66. The maximum atomic E-state index is 12.1. The highest BCUT2D eigenvalue weighted by molar-refractivity contribution is 6.02. The highest BCUT2D eigenvalue weighted by Crippen LogP contribution is 2.38. The number of hydrogen-bond acceptors (Lipinski definition) is 3. The summed E-state index contributed by atoms with van der Waals surface area (Å²) >= 11 is 0. The van der Waals surface area contributed by atoms with E-state index in [4.69, 9.17) is 10.5 Å². The Bertz CT molecular complexity index is 501. The van der Waals surface area contributed by atoms with Gasteiger partial charge in [-0.25, -0.2) is 0 Å². The fraction of sp³-hybridized carbons (Fsp3) is 0.500. The van der Waals surface area contributed by atoms with Gasteiger partial charge in [0.05, 0.1) is 5.69 Å². The van der Waals surface area contributed by atoms with E-state index >= 15 is 0 Å². The Morgan fingerprint density at radius 3 is 2.50 bits per heavy atom. The summed E-state index contributed by atoms with van der Waals surface area (Å²) in [4.78, 5) is 13.8. The highest BCUT2D eigenvalue weighted by atomic mass is 16.5. The van der Waals surface area contributed by atoms with Crippen molar-refractivity contribution in [2.45, 2.75) is 38.8 Å². The molecule has 0 spiro atoms. The van der Waals surface area contributed by atoms with E-state index in [0.29, 0.717) is 0 Å². The van der Waals surface area contributed by atoms with Crippen molar-refractivity contribution in [1.82, 2.24) is 0 Å². The molecular formula is C14H20N2O2. The Morgan fingerprint density at radius 2 is 1.94 bits per heavy atom. The molecule has 0 aliphatic carbocycles. The lowest BCUT2D eigenvalue weighted by Gasteiger charge is -2.37. The standard InChI is InChI=1S/C14H20N2O2/c1-13(2,15)9-6-7-11-10(8-9)16(5)12(17)14(3,4)18-11/h6-8H,15H2,1-5H3. The number of nitrogens with two attached hydrogens (primary N) is 1. The van der Waals surface area contributed by atoms with Gasteiger partial charge in [-0.3, -0.25) is 4.79 Å². The average molecular weight is 248 g/mol. The number of fused-ring (bicyclic) bond motifs is 1. The summed E-state index contributed by atoms with van der Waals surface area (Å²) in [7, 11) is 1.76. The van der Waals surface area contributed by atoms with Crippen LogP contribution in [0.4, 0.5) is 5.69 Å². The van der Waals surface area contributed by atoms with Gasteiger partial charge in [-0.15, -0.1) is 0 Å². The van der Waals surface area contributed by atoms with Crippen LogP contribution in [0.1, 0.15) is 33.3 Å². The Morgan fingerprint density at radius 1 is 1.33 bits per heavy atom. The summed E-state index contributed by atoms with van der Waals surface area (Å²) in [5.41, 5.74) is 6.57. The minimum Gasteiger partial charge on any atom is -0.476 e. The number of benzene rings is 1. The second kappa shape index (κ2) is 3.72. The van der Waals surface area contributed by atoms with Crippen molar-refractivity contribution in [1.29, 1.82) is 0 Å². The van der Waals surface area contributed by atoms with Crippen LogP contribution in [0, 0.1) is 0 Å². The third-order valence-electron chi connectivity index (χ3n) is 3.25. The molecule has 0 atom stereocenters. The van der Waals surface area contributed by atoms with Crippen molar-refractivity contribution >= 4 is 11.6 Å². The second-order valence-electron chi connectivity index (χ2n) is 5.88. The van der Waals surface area contributed by atoms with Crippen LogP contribution < -0.4 is 15.4 Å². The third-order valence-corrected chi connectivity index (χ3v) is 3.25. The Balaban J connectivity index is 2.53. The van der Waals surface area contributed by atoms with Crippen molar-refractivity contribution in [2.75, 3.05) is 11.9 Å². The van der Waals surface area contributed by atoms with Gasteiger partial charge in [-0.2, -0.15) is 0 Å². The molecule has 18 heavy (non-hydrogen) atoms. The van der Waals surface area contributed by atoms with E-state index in [9.17, 15) is 4.79 Å². The lowest BCUT2D eigenvalue weighted by atomic mass is 9.94. The Hall–Kier alpha value is -1.55. The molecular weight excluding hydrogens is 228 g/mol. The zero-order valence-corrected chi connectivity index (χ0v) is 11.6. The molecule has 4 nitrogen and oxygen atoms in total.